The van der Waals surface area contributed by atoms with Crippen LogP contribution in [-0.4, -0.2) is 23.0 Å². The van der Waals surface area contributed by atoms with Gasteiger partial charge in [0.15, 0.2) is 5.69 Å². The molecular weight excluding hydrogens is 391 g/mol. The number of anilines is 1. The predicted molar refractivity (Wildman–Crippen MR) is 97.0 cm³/mol. The molecular formula is C18H14F3N5O3. The van der Waals surface area contributed by atoms with Gasteiger partial charge in [-0.3, -0.25) is 4.79 Å². The van der Waals surface area contributed by atoms with Crippen LogP contribution in [0.1, 0.15) is 21.7 Å². The summed E-state index contributed by atoms with van der Waals surface area (Å²) in [5.41, 5.74) is 4.70. The molecule has 1 aromatic carbocycles. The van der Waals surface area contributed by atoms with Crippen molar-refractivity contribution in [2.45, 2.75) is 12.8 Å². The molecule has 1 amide bonds. The van der Waals surface area contributed by atoms with Crippen molar-refractivity contribution in [3.8, 4) is 23.9 Å². The number of amides is 1. The van der Waals surface area contributed by atoms with Crippen LogP contribution in [-0.2, 0) is 17.5 Å². The summed E-state index contributed by atoms with van der Waals surface area (Å²) in [6, 6.07) is 7.14. The number of halogens is 3. The van der Waals surface area contributed by atoms with Gasteiger partial charge >= 0.3 is 6.18 Å². The first-order chi connectivity index (χ1) is 13.7. The van der Waals surface area contributed by atoms with Crippen LogP contribution in [0.2, 0.25) is 0 Å². The smallest absolute Gasteiger partial charge is 0.417 e. The highest BCUT2D eigenvalue weighted by atomic mass is 19.4. The van der Waals surface area contributed by atoms with Crippen LogP contribution in [0.4, 0.5) is 19.1 Å². The zero-order valence-corrected chi connectivity index (χ0v) is 14.9. The molecule has 0 saturated heterocycles. The number of fused-ring (bicyclic) bond motifs is 1. The second-order valence-corrected chi connectivity index (χ2v) is 5.87. The van der Waals surface area contributed by atoms with Gasteiger partial charge in [-0.05, 0) is 29.8 Å². The standard InChI is InChI=1S/C18H14F3N5O3/c1-3-26(23)17-14(15(22)27)25-16(29-17)11-6-9(8-28-2)7-12-10(11)4-5-13(24-12)18(19,20)21/h1,4-7H,8,23H2,2H3,(H2,22,27). The Labute approximate surface area is 162 Å². The largest absolute Gasteiger partial charge is 0.433 e. The van der Waals surface area contributed by atoms with Crippen LogP contribution < -0.4 is 16.6 Å². The van der Waals surface area contributed by atoms with Gasteiger partial charge in [0, 0.05) is 24.1 Å². The molecule has 2 heterocycles. The molecule has 0 atom stereocenters. The lowest BCUT2D eigenvalue weighted by Gasteiger charge is -2.11. The molecule has 0 radical (unpaired) electrons. The van der Waals surface area contributed by atoms with Crippen LogP contribution in [0.5, 0.6) is 0 Å². The number of benzene rings is 1. The zero-order chi connectivity index (χ0) is 21.3. The number of alkyl halides is 3. The van der Waals surface area contributed by atoms with Crippen molar-refractivity contribution >= 4 is 22.7 Å². The van der Waals surface area contributed by atoms with Crippen LogP contribution in [0.25, 0.3) is 22.4 Å². The van der Waals surface area contributed by atoms with Gasteiger partial charge in [0.25, 0.3) is 11.8 Å². The Morgan fingerprint density at radius 1 is 1.34 bits per heavy atom. The lowest BCUT2D eigenvalue weighted by atomic mass is 10.0. The fourth-order valence-electron chi connectivity index (χ4n) is 2.69. The summed E-state index contributed by atoms with van der Waals surface area (Å²) in [6.07, 6.45) is 0.593. The summed E-state index contributed by atoms with van der Waals surface area (Å²) < 4.78 is 49.7. The van der Waals surface area contributed by atoms with E-state index in [4.69, 9.17) is 27.2 Å². The molecule has 0 aliphatic carbocycles. The summed E-state index contributed by atoms with van der Waals surface area (Å²) in [5.74, 6) is 4.23. The van der Waals surface area contributed by atoms with E-state index in [1.807, 2.05) is 6.04 Å². The molecule has 11 heteroatoms. The van der Waals surface area contributed by atoms with Crippen molar-refractivity contribution in [2.24, 2.45) is 11.6 Å². The lowest BCUT2D eigenvalue weighted by Crippen LogP contribution is -2.27. The van der Waals surface area contributed by atoms with Crippen molar-refractivity contribution in [3.05, 3.63) is 41.2 Å². The van der Waals surface area contributed by atoms with E-state index >= 15 is 0 Å². The second kappa shape index (κ2) is 7.42. The average Bonchev–Trinajstić information content (AvgIpc) is 3.11. The van der Waals surface area contributed by atoms with Gasteiger partial charge < -0.3 is 14.9 Å². The molecule has 0 aliphatic heterocycles. The SMILES string of the molecule is C#CN(N)c1oc(-c2cc(COC)cc3nc(C(F)(F)F)ccc23)nc1C(N)=O. The minimum Gasteiger partial charge on any atom is -0.417 e. The third kappa shape index (κ3) is 3.84. The number of oxazole rings is 1. The van der Waals surface area contributed by atoms with E-state index in [1.165, 1.54) is 19.2 Å². The van der Waals surface area contributed by atoms with Crippen LogP contribution in [0.15, 0.2) is 28.7 Å². The third-order valence-corrected chi connectivity index (χ3v) is 3.90. The molecule has 4 N–H and O–H groups in total. The van der Waals surface area contributed by atoms with Gasteiger partial charge in [0.1, 0.15) is 5.69 Å². The molecule has 0 spiro atoms. The fourth-order valence-corrected chi connectivity index (χ4v) is 2.69. The highest BCUT2D eigenvalue weighted by molar-refractivity contribution is 5.98. The highest BCUT2D eigenvalue weighted by Gasteiger charge is 2.33. The monoisotopic (exact) mass is 405 g/mol. The number of nitrogens with two attached hydrogens (primary N) is 2. The molecule has 0 unspecified atom stereocenters. The van der Waals surface area contributed by atoms with Crippen LogP contribution >= 0.6 is 0 Å². The molecule has 2 aromatic heterocycles. The molecule has 0 fully saturated rings. The molecule has 0 aliphatic rings. The number of hydrogen-bond acceptors (Lipinski definition) is 7. The Bertz CT molecular complexity index is 1130. The number of primary amides is 1. The molecule has 0 saturated carbocycles. The summed E-state index contributed by atoms with van der Waals surface area (Å²) in [5, 5.41) is 0.976. The summed E-state index contributed by atoms with van der Waals surface area (Å²) >= 11 is 0. The maximum atomic E-state index is 13.1. The normalized spacial score (nSPS) is 11.4. The number of methoxy groups -OCH3 is 1. The van der Waals surface area contributed by atoms with Gasteiger partial charge in [-0.15, -0.1) is 0 Å². The Morgan fingerprint density at radius 2 is 2.07 bits per heavy atom. The molecule has 150 valence electrons. The van der Waals surface area contributed by atoms with Gasteiger partial charge in [0.2, 0.25) is 5.89 Å². The summed E-state index contributed by atoms with van der Waals surface area (Å²) in [4.78, 5) is 19.4. The van der Waals surface area contributed by atoms with Crippen molar-refractivity contribution in [1.82, 2.24) is 9.97 Å². The van der Waals surface area contributed by atoms with E-state index in [1.54, 1.807) is 6.07 Å². The van der Waals surface area contributed by atoms with Gasteiger partial charge in [-0.25, -0.2) is 20.8 Å². The fraction of sp³-hybridized carbons (Fsp3) is 0.167. The number of aromatic nitrogens is 2. The number of hydrogen-bond donors (Lipinski definition) is 2. The van der Waals surface area contributed by atoms with Crippen LogP contribution in [0, 0.1) is 12.5 Å². The van der Waals surface area contributed by atoms with Crippen molar-refractivity contribution in [2.75, 3.05) is 12.1 Å². The van der Waals surface area contributed by atoms with Crippen molar-refractivity contribution in [3.63, 3.8) is 0 Å². The highest BCUT2D eigenvalue weighted by Crippen LogP contribution is 2.35. The first-order valence-corrected chi connectivity index (χ1v) is 7.97. The summed E-state index contributed by atoms with van der Waals surface area (Å²) in [6.45, 7) is 0.0878. The van der Waals surface area contributed by atoms with E-state index in [0.717, 1.165) is 6.07 Å². The van der Waals surface area contributed by atoms with E-state index < -0.39 is 17.8 Å². The predicted octanol–water partition coefficient (Wildman–Crippen LogP) is 2.42. The number of hydrazine groups is 1. The third-order valence-electron chi connectivity index (χ3n) is 3.90. The van der Waals surface area contributed by atoms with E-state index in [0.29, 0.717) is 16.0 Å². The van der Waals surface area contributed by atoms with Gasteiger partial charge in [-0.1, -0.05) is 6.42 Å². The number of ether oxygens (including phenoxy) is 1. The van der Waals surface area contributed by atoms with Crippen molar-refractivity contribution in [1.29, 1.82) is 0 Å². The van der Waals surface area contributed by atoms with E-state index in [2.05, 4.69) is 9.97 Å². The minimum atomic E-state index is -4.62. The number of carbonyl (C=O) groups excluding carboxylic acids is 1. The Morgan fingerprint density at radius 3 is 2.66 bits per heavy atom. The topological polar surface area (TPSA) is 120 Å². The number of pyridine rings is 1. The molecule has 0 bridgehead atoms. The quantitative estimate of drug-likeness (QED) is 0.289. The minimum absolute atomic E-state index is 0.0336. The first kappa shape index (κ1) is 20.1. The number of terminal acetylenes is 1. The summed E-state index contributed by atoms with van der Waals surface area (Å²) in [7, 11) is 1.43. The Balaban J connectivity index is 2.28. The Hall–Kier alpha value is -3.62. The van der Waals surface area contributed by atoms with Gasteiger partial charge in [-0.2, -0.15) is 13.2 Å². The number of nitrogens with zero attached hydrogens (tertiary/aromatic N) is 3. The molecule has 3 rings (SSSR count). The van der Waals surface area contributed by atoms with E-state index in [9.17, 15) is 18.0 Å². The maximum absolute atomic E-state index is 13.1. The van der Waals surface area contributed by atoms with E-state index in [-0.39, 0.29) is 35.2 Å². The molecule has 29 heavy (non-hydrogen) atoms. The maximum Gasteiger partial charge on any atom is 0.433 e. The average molecular weight is 405 g/mol. The Kier molecular flexibility index (Phi) is 5.15. The van der Waals surface area contributed by atoms with Crippen molar-refractivity contribution < 1.29 is 27.1 Å². The molecule has 3 aromatic rings. The van der Waals surface area contributed by atoms with Crippen LogP contribution in [0.3, 0.4) is 0 Å². The molecule has 8 nitrogen and oxygen atoms in total. The number of rotatable bonds is 5. The van der Waals surface area contributed by atoms with Gasteiger partial charge in [0.05, 0.1) is 12.1 Å². The first-order valence-electron chi connectivity index (χ1n) is 7.97. The second-order valence-electron chi connectivity index (χ2n) is 5.87. The lowest BCUT2D eigenvalue weighted by molar-refractivity contribution is -0.140. The number of carbonyl (C=O) groups is 1. The zero-order valence-electron chi connectivity index (χ0n) is 14.9.